The van der Waals surface area contributed by atoms with Crippen molar-refractivity contribution in [3.05, 3.63) is 53.1 Å². The molecule has 25 heavy (non-hydrogen) atoms. The molecule has 1 amide bonds. The predicted octanol–water partition coefficient (Wildman–Crippen LogP) is 3.83. The molecule has 8 heteroatoms. The number of fused-ring (bicyclic) bond motifs is 1. The second-order valence-electron chi connectivity index (χ2n) is 5.27. The lowest BCUT2D eigenvalue weighted by molar-refractivity contribution is -0.115. The van der Waals surface area contributed by atoms with Crippen LogP contribution in [0.4, 0.5) is 4.39 Å². The SMILES string of the molecule is O=C1NC(=S)S/C1=C\c1cc2cncc(-c3ccc(O)c(F)c3)c2o1. The minimum atomic E-state index is -0.726. The summed E-state index contributed by atoms with van der Waals surface area (Å²) in [6.07, 6.45) is 4.77. The topological polar surface area (TPSA) is 75.4 Å². The molecule has 1 saturated heterocycles. The summed E-state index contributed by atoms with van der Waals surface area (Å²) in [5, 5.41) is 12.6. The third kappa shape index (κ3) is 2.90. The van der Waals surface area contributed by atoms with Gasteiger partial charge in [-0.3, -0.25) is 9.78 Å². The Kier molecular flexibility index (Phi) is 3.78. The summed E-state index contributed by atoms with van der Waals surface area (Å²) in [7, 11) is 0. The van der Waals surface area contributed by atoms with Gasteiger partial charge in [0.15, 0.2) is 11.6 Å². The van der Waals surface area contributed by atoms with E-state index in [0.29, 0.717) is 37.1 Å². The van der Waals surface area contributed by atoms with Crippen LogP contribution in [0.2, 0.25) is 0 Å². The molecule has 3 aromatic rings. The number of amides is 1. The van der Waals surface area contributed by atoms with Crippen molar-refractivity contribution in [3.8, 4) is 16.9 Å². The highest BCUT2D eigenvalue weighted by molar-refractivity contribution is 8.26. The number of rotatable bonds is 2. The number of nitrogens with zero attached hydrogens (tertiary/aromatic N) is 1. The van der Waals surface area contributed by atoms with E-state index < -0.39 is 11.6 Å². The van der Waals surface area contributed by atoms with E-state index in [0.717, 1.165) is 11.8 Å². The summed E-state index contributed by atoms with van der Waals surface area (Å²) >= 11 is 6.12. The predicted molar refractivity (Wildman–Crippen MR) is 97.4 cm³/mol. The number of furan rings is 1. The summed E-state index contributed by atoms with van der Waals surface area (Å²) in [4.78, 5) is 16.3. The number of hydrogen-bond donors (Lipinski definition) is 2. The van der Waals surface area contributed by atoms with Gasteiger partial charge in [-0.1, -0.05) is 30.0 Å². The van der Waals surface area contributed by atoms with Crippen LogP contribution in [0.3, 0.4) is 0 Å². The van der Waals surface area contributed by atoms with Crippen molar-refractivity contribution in [1.82, 2.24) is 10.3 Å². The molecule has 0 unspecified atom stereocenters. The first-order valence-corrected chi connectivity index (χ1v) is 8.35. The Bertz CT molecular complexity index is 1070. The monoisotopic (exact) mass is 372 g/mol. The van der Waals surface area contributed by atoms with Crippen LogP contribution in [0.25, 0.3) is 28.2 Å². The first-order chi connectivity index (χ1) is 12.0. The highest BCUT2D eigenvalue weighted by Gasteiger charge is 2.23. The molecule has 0 atom stereocenters. The van der Waals surface area contributed by atoms with Crippen molar-refractivity contribution in [3.63, 3.8) is 0 Å². The number of nitrogens with one attached hydrogen (secondary N) is 1. The van der Waals surface area contributed by atoms with Crippen molar-refractivity contribution < 1.29 is 18.7 Å². The van der Waals surface area contributed by atoms with E-state index in [9.17, 15) is 14.3 Å². The average molecular weight is 372 g/mol. The first-order valence-electron chi connectivity index (χ1n) is 7.12. The lowest BCUT2D eigenvalue weighted by atomic mass is 10.1. The summed E-state index contributed by atoms with van der Waals surface area (Å²) in [5.41, 5.74) is 1.62. The fourth-order valence-corrected chi connectivity index (χ4v) is 3.51. The van der Waals surface area contributed by atoms with Gasteiger partial charge >= 0.3 is 0 Å². The lowest BCUT2D eigenvalue weighted by Crippen LogP contribution is -2.17. The number of carbonyl (C=O) groups excluding carboxylic acids is 1. The van der Waals surface area contributed by atoms with Crippen LogP contribution < -0.4 is 5.32 Å². The van der Waals surface area contributed by atoms with Gasteiger partial charge in [-0.2, -0.15) is 0 Å². The van der Waals surface area contributed by atoms with E-state index in [-0.39, 0.29) is 5.91 Å². The zero-order valence-corrected chi connectivity index (χ0v) is 14.1. The van der Waals surface area contributed by atoms with Gasteiger partial charge in [0.2, 0.25) is 0 Å². The Balaban J connectivity index is 1.81. The molecule has 124 valence electrons. The fraction of sp³-hybridized carbons (Fsp3) is 0. The maximum absolute atomic E-state index is 13.7. The standard InChI is InChI=1S/C17H9FN2O3S2/c18-12-4-8(1-2-13(12)21)11-7-19-6-9-3-10(23-15(9)11)5-14-16(22)20-17(24)25-14/h1-7,21H,(H,20,22,24)/b14-5-. The minimum absolute atomic E-state index is 0.269. The van der Waals surface area contributed by atoms with Gasteiger partial charge < -0.3 is 14.8 Å². The number of pyridine rings is 1. The molecule has 0 saturated carbocycles. The molecule has 1 aliphatic rings. The second kappa shape index (κ2) is 5.98. The van der Waals surface area contributed by atoms with Gasteiger partial charge in [-0.15, -0.1) is 0 Å². The highest BCUT2D eigenvalue weighted by Crippen LogP contribution is 2.34. The van der Waals surface area contributed by atoms with E-state index in [1.165, 1.54) is 12.1 Å². The van der Waals surface area contributed by atoms with Gasteiger partial charge in [-0.05, 0) is 23.8 Å². The molecule has 0 aliphatic carbocycles. The van der Waals surface area contributed by atoms with Gasteiger partial charge in [0, 0.05) is 29.4 Å². The van der Waals surface area contributed by atoms with Crippen molar-refractivity contribution in [2.24, 2.45) is 0 Å². The smallest absolute Gasteiger partial charge is 0.263 e. The van der Waals surface area contributed by atoms with Crippen LogP contribution in [0, 0.1) is 5.82 Å². The zero-order chi connectivity index (χ0) is 17.6. The number of thioether (sulfide) groups is 1. The summed E-state index contributed by atoms with van der Waals surface area (Å²) in [6.45, 7) is 0. The van der Waals surface area contributed by atoms with E-state index in [1.807, 2.05) is 0 Å². The molecule has 5 nitrogen and oxygen atoms in total. The summed E-state index contributed by atoms with van der Waals surface area (Å²) in [5.74, 6) is -0.954. The molecular weight excluding hydrogens is 363 g/mol. The second-order valence-corrected chi connectivity index (χ2v) is 6.99. The average Bonchev–Trinajstić information content (AvgIpc) is 3.12. The Morgan fingerprint density at radius 1 is 1.32 bits per heavy atom. The molecular formula is C17H9FN2O3S2. The van der Waals surface area contributed by atoms with Crippen molar-refractivity contribution >= 4 is 51.3 Å². The summed E-state index contributed by atoms with van der Waals surface area (Å²) in [6, 6.07) is 5.81. The number of carbonyl (C=O) groups is 1. The molecule has 0 bridgehead atoms. The van der Waals surface area contributed by atoms with Gasteiger partial charge in [0.05, 0.1) is 4.91 Å². The Morgan fingerprint density at radius 3 is 2.88 bits per heavy atom. The molecule has 0 spiro atoms. The molecule has 1 fully saturated rings. The molecule has 1 aromatic carbocycles. The van der Waals surface area contributed by atoms with Crippen LogP contribution >= 0.6 is 24.0 Å². The van der Waals surface area contributed by atoms with E-state index in [1.54, 1.807) is 30.6 Å². The Labute approximate surface area is 150 Å². The number of phenolic OH excluding ortho intramolecular Hbond substituents is 1. The molecule has 2 N–H and O–H groups in total. The largest absolute Gasteiger partial charge is 0.505 e. The number of thiocarbonyl (C=S) groups is 1. The molecule has 4 rings (SSSR count). The van der Waals surface area contributed by atoms with E-state index >= 15 is 0 Å². The quantitative estimate of drug-likeness (QED) is 0.526. The molecule has 0 radical (unpaired) electrons. The number of benzene rings is 1. The van der Waals surface area contributed by atoms with Crippen LogP contribution in [0.5, 0.6) is 5.75 Å². The Morgan fingerprint density at radius 2 is 2.16 bits per heavy atom. The third-order valence-electron chi connectivity index (χ3n) is 3.62. The minimum Gasteiger partial charge on any atom is -0.505 e. The van der Waals surface area contributed by atoms with E-state index in [2.05, 4.69) is 10.3 Å². The third-order valence-corrected chi connectivity index (χ3v) is 4.78. The first kappa shape index (κ1) is 15.8. The zero-order valence-electron chi connectivity index (χ0n) is 12.4. The number of aromatic nitrogens is 1. The normalized spacial score (nSPS) is 16.0. The van der Waals surface area contributed by atoms with Crippen LogP contribution in [0.1, 0.15) is 5.76 Å². The van der Waals surface area contributed by atoms with Gasteiger partial charge in [0.1, 0.15) is 15.7 Å². The van der Waals surface area contributed by atoms with Crippen LogP contribution in [0.15, 0.2) is 46.0 Å². The van der Waals surface area contributed by atoms with Crippen LogP contribution in [-0.4, -0.2) is 20.3 Å². The molecule has 2 aromatic heterocycles. The number of phenols is 1. The number of halogens is 1. The molecule has 3 heterocycles. The van der Waals surface area contributed by atoms with Crippen molar-refractivity contribution in [1.29, 1.82) is 0 Å². The number of hydrogen-bond acceptors (Lipinski definition) is 6. The Hall–Kier alpha value is -2.71. The van der Waals surface area contributed by atoms with Crippen LogP contribution in [-0.2, 0) is 4.79 Å². The fourth-order valence-electron chi connectivity index (χ4n) is 2.48. The lowest BCUT2D eigenvalue weighted by Gasteiger charge is -2.03. The van der Waals surface area contributed by atoms with Gasteiger partial charge in [0.25, 0.3) is 5.91 Å². The summed E-state index contributed by atoms with van der Waals surface area (Å²) < 4.78 is 19.9. The van der Waals surface area contributed by atoms with Crippen molar-refractivity contribution in [2.45, 2.75) is 0 Å². The molecule has 1 aliphatic heterocycles. The highest BCUT2D eigenvalue weighted by atomic mass is 32.2. The maximum Gasteiger partial charge on any atom is 0.263 e. The van der Waals surface area contributed by atoms with Gasteiger partial charge in [-0.25, -0.2) is 4.39 Å². The van der Waals surface area contributed by atoms with E-state index in [4.69, 9.17) is 16.6 Å². The number of aromatic hydroxyl groups is 1. The maximum atomic E-state index is 13.7. The van der Waals surface area contributed by atoms with Crippen molar-refractivity contribution in [2.75, 3.05) is 0 Å².